The van der Waals surface area contributed by atoms with Crippen LogP contribution >= 0.6 is 11.8 Å². The van der Waals surface area contributed by atoms with Crippen molar-refractivity contribution in [2.75, 3.05) is 5.73 Å². The van der Waals surface area contributed by atoms with Gasteiger partial charge in [-0.2, -0.15) is 0 Å². The molecular weight excluding hydrogens is 308 g/mol. The monoisotopic (exact) mass is 330 g/mol. The van der Waals surface area contributed by atoms with E-state index in [0.29, 0.717) is 12.0 Å². The third-order valence-electron chi connectivity index (χ3n) is 4.43. The van der Waals surface area contributed by atoms with Gasteiger partial charge < -0.3 is 5.73 Å². The van der Waals surface area contributed by atoms with Gasteiger partial charge in [-0.15, -0.1) is 10.2 Å². The third-order valence-corrected chi connectivity index (χ3v) is 5.40. The van der Waals surface area contributed by atoms with Crippen molar-refractivity contribution >= 4 is 23.5 Å². The molecule has 1 heterocycles. The summed E-state index contributed by atoms with van der Waals surface area (Å²) in [7, 11) is 0. The summed E-state index contributed by atoms with van der Waals surface area (Å²) >= 11 is 1.64. The molecule has 1 aromatic heterocycles. The Morgan fingerprint density at radius 3 is 2.61 bits per heavy atom. The highest BCUT2D eigenvalue weighted by atomic mass is 32.2. The SMILES string of the molecule is CC(=O)c1c(C)cc(C)c(CSc2nnc(N)n2C2CC2)c1C. The first kappa shape index (κ1) is 16.1. The molecule has 1 aromatic carbocycles. The molecule has 3 rings (SSSR count). The minimum Gasteiger partial charge on any atom is -0.368 e. The third kappa shape index (κ3) is 3.00. The number of hydrogen-bond donors (Lipinski definition) is 1. The number of ketones is 1. The van der Waals surface area contributed by atoms with Crippen LogP contribution in [0.1, 0.15) is 58.4 Å². The minimum absolute atomic E-state index is 0.122. The number of nitrogens with zero attached hydrogens (tertiary/aromatic N) is 3. The molecule has 0 saturated heterocycles. The number of rotatable bonds is 5. The summed E-state index contributed by atoms with van der Waals surface area (Å²) < 4.78 is 2.04. The number of carbonyl (C=O) groups is 1. The topological polar surface area (TPSA) is 73.8 Å². The Morgan fingerprint density at radius 1 is 1.30 bits per heavy atom. The molecule has 23 heavy (non-hydrogen) atoms. The molecule has 2 N–H and O–H groups in total. The first-order valence-electron chi connectivity index (χ1n) is 7.84. The number of nitrogens with two attached hydrogens (primary N) is 1. The number of aromatic nitrogens is 3. The van der Waals surface area contributed by atoms with Gasteiger partial charge in [0.2, 0.25) is 5.95 Å². The largest absolute Gasteiger partial charge is 0.368 e. The fraction of sp³-hybridized carbons (Fsp3) is 0.471. The maximum absolute atomic E-state index is 11.9. The fourth-order valence-corrected chi connectivity index (χ4v) is 4.39. The lowest BCUT2D eigenvalue weighted by Crippen LogP contribution is -2.06. The Hall–Kier alpha value is -1.82. The highest BCUT2D eigenvalue weighted by Gasteiger charge is 2.29. The van der Waals surface area contributed by atoms with Gasteiger partial charge in [0, 0.05) is 17.4 Å². The second kappa shape index (κ2) is 6.00. The van der Waals surface area contributed by atoms with Crippen molar-refractivity contribution in [2.24, 2.45) is 0 Å². The number of nitrogen functional groups attached to an aromatic ring is 1. The van der Waals surface area contributed by atoms with E-state index >= 15 is 0 Å². The molecule has 1 aliphatic carbocycles. The van der Waals surface area contributed by atoms with E-state index in [1.54, 1.807) is 18.7 Å². The number of thioether (sulfide) groups is 1. The van der Waals surface area contributed by atoms with E-state index in [-0.39, 0.29) is 5.78 Å². The number of hydrogen-bond acceptors (Lipinski definition) is 5. The highest BCUT2D eigenvalue weighted by molar-refractivity contribution is 7.98. The molecule has 1 fully saturated rings. The molecule has 6 heteroatoms. The van der Waals surface area contributed by atoms with Gasteiger partial charge in [0.25, 0.3) is 0 Å². The Morgan fingerprint density at radius 2 is 2.00 bits per heavy atom. The molecular formula is C17H22N4OS. The van der Waals surface area contributed by atoms with E-state index in [1.165, 1.54) is 11.1 Å². The average Bonchev–Trinajstić information content (AvgIpc) is 3.22. The van der Waals surface area contributed by atoms with E-state index in [4.69, 9.17) is 5.73 Å². The summed E-state index contributed by atoms with van der Waals surface area (Å²) in [4.78, 5) is 11.9. The van der Waals surface area contributed by atoms with Crippen LogP contribution in [0.2, 0.25) is 0 Å². The van der Waals surface area contributed by atoms with Crippen LogP contribution in [-0.4, -0.2) is 20.5 Å². The summed E-state index contributed by atoms with van der Waals surface area (Å²) in [6.45, 7) is 7.76. The molecule has 0 spiro atoms. The Kier molecular flexibility index (Phi) is 4.19. The van der Waals surface area contributed by atoms with Gasteiger partial charge in [-0.3, -0.25) is 9.36 Å². The second-order valence-electron chi connectivity index (χ2n) is 6.28. The normalized spacial score (nSPS) is 14.3. The van der Waals surface area contributed by atoms with Crippen LogP contribution in [0, 0.1) is 20.8 Å². The van der Waals surface area contributed by atoms with Gasteiger partial charge in [0.15, 0.2) is 10.9 Å². The standard InChI is InChI=1S/C17H22N4OS/c1-9-7-10(2)15(12(4)22)11(3)14(9)8-23-17-20-19-16(18)21(17)13-5-6-13/h7,13H,5-6,8H2,1-4H3,(H2,18,19). The molecule has 0 unspecified atom stereocenters. The number of Topliss-reactive ketones (excluding diaryl/α,β-unsaturated/α-hetero) is 1. The van der Waals surface area contributed by atoms with Gasteiger partial charge in [0.1, 0.15) is 0 Å². The first-order valence-corrected chi connectivity index (χ1v) is 8.82. The van der Waals surface area contributed by atoms with Crippen LogP contribution in [0.25, 0.3) is 0 Å². The number of benzene rings is 1. The maximum Gasteiger partial charge on any atom is 0.222 e. The van der Waals surface area contributed by atoms with Crippen molar-refractivity contribution in [3.05, 3.63) is 33.9 Å². The summed E-state index contributed by atoms with van der Waals surface area (Å²) in [5, 5.41) is 9.09. The summed E-state index contributed by atoms with van der Waals surface area (Å²) in [5.74, 6) is 1.39. The van der Waals surface area contributed by atoms with Crippen molar-refractivity contribution in [3.63, 3.8) is 0 Å². The Balaban J connectivity index is 1.89. The highest BCUT2D eigenvalue weighted by Crippen LogP contribution is 2.40. The quantitative estimate of drug-likeness (QED) is 0.669. The summed E-state index contributed by atoms with van der Waals surface area (Å²) in [6, 6.07) is 2.56. The summed E-state index contributed by atoms with van der Waals surface area (Å²) in [5.41, 5.74) is 11.3. The first-order chi connectivity index (χ1) is 10.9. The smallest absolute Gasteiger partial charge is 0.222 e. The van der Waals surface area contributed by atoms with Crippen LogP contribution in [-0.2, 0) is 5.75 Å². The predicted molar refractivity (Wildman–Crippen MR) is 92.9 cm³/mol. The molecule has 0 bridgehead atoms. The maximum atomic E-state index is 11.9. The molecule has 2 aromatic rings. The van der Waals surface area contributed by atoms with E-state index in [9.17, 15) is 4.79 Å². The van der Waals surface area contributed by atoms with Crippen molar-refractivity contribution in [2.45, 2.75) is 57.5 Å². The zero-order valence-corrected chi connectivity index (χ0v) is 14.8. The molecule has 0 radical (unpaired) electrons. The van der Waals surface area contributed by atoms with Gasteiger partial charge in [-0.25, -0.2) is 0 Å². The molecule has 0 amide bonds. The van der Waals surface area contributed by atoms with Crippen LogP contribution < -0.4 is 5.73 Å². The molecule has 1 saturated carbocycles. The summed E-state index contributed by atoms with van der Waals surface area (Å²) in [6.07, 6.45) is 2.29. The van der Waals surface area contributed by atoms with E-state index in [0.717, 1.165) is 40.4 Å². The molecule has 1 aliphatic rings. The van der Waals surface area contributed by atoms with Gasteiger partial charge >= 0.3 is 0 Å². The van der Waals surface area contributed by atoms with Crippen LogP contribution in [0.5, 0.6) is 0 Å². The van der Waals surface area contributed by atoms with Crippen LogP contribution in [0.4, 0.5) is 5.95 Å². The fourth-order valence-electron chi connectivity index (χ4n) is 3.19. The van der Waals surface area contributed by atoms with E-state index < -0.39 is 0 Å². The molecule has 5 nitrogen and oxygen atoms in total. The second-order valence-corrected chi connectivity index (χ2v) is 7.22. The molecule has 0 aliphatic heterocycles. The zero-order valence-electron chi connectivity index (χ0n) is 14.0. The lowest BCUT2D eigenvalue weighted by atomic mass is 9.92. The van der Waals surface area contributed by atoms with Crippen LogP contribution in [0.15, 0.2) is 11.2 Å². The average molecular weight is 330 g/mol. The zero-order chi connectivity index (χ0) is 16.7. The number of carbonyl (C=O) groups excluding carboxylic acids is 1. The number of aryl methyl sites for hydroxylation is 2. The van der Waals surface area contributed by atoms with E-state index in [1.807, 2.05) is 18.4 Å². The molecule has 122 valence electrons. The van der Waals surface area contributed by atoms with Crippen molar-refractivity contribution < 1.29 is 4.79 Å². The number of anilines is 1. The molecule has 0 atom stereocenters. The van der Waals surface area contributed by atoms with Crippen molar-refractivity contribution in [1.29, 1.82) is 0 Å². The lowest BCUT2D eigenvalue weighted by molar-refractivity contribution is 0.101. The van der Waals surface area contributed by atoms with Gasteiger partial charge in [-0.1, -0.05) is 17.8 Å². The van der Waals surface area contributed by atoms with E-state index in [2.05, 4.69) is 23.2 Å². The van der Waals surface area contributed by atoms with Crippen LogP contribution in [0.3, 0.4) is 0 Å². The Labute approximate surface area is 140 Å². The van der Waals surface area contributed by atoms with Gasteiger partial charge in [0.05, 0.1) is 0 Å². The predicted octanol–water partition coefficient (Wildman–Crippen LogP) is 3.62. The lowest BCUT2D eigenvalue weighted by Gasteiger charge is -2.15. The van der Waals surface area contributed by atoms with Crippen molar-refractivity contribution in [3.8, 4) is 0 Å². The van der Waals surface area contributed by atoms with Crippen molar-refractivity contribution in [1.82, 2.24) is 14.8 Å². The Bertz CT molecular complexity index is 777. The van der Waals surface area contributed by atoms with Gasteiger partial charge in [-0.05, 0) is 62.8 Å². The minimum atomic E-state index is 0.122.